The average molecular weight is 501 g/mol. The number of fused-ring (bicyclic) bond motifs is 1. The molecular weight excluding hydrogens is 468 g/mol. The van der Waals surface area contributed by atoms with Crippen LogP contribution in [0.15, 0.2) is 0 Å². The maximum Gasteiger partial charge on any atom is 0.312 e. The Morgan fingerprint density at radius 2 is 2.03 bits per heavy atom. The van der Waals surface area contributed by atoms with Gasteiger partial charge in [0.1, 0.15) is 11.6 Å². The van der Waals surface area contributed by atoms with E-state index in [1.807, 2.05) is 0 Å². The Bertz CT molecular complexity index is 714. The molecular formula is C22H33BrN2O6. The summed E-state index contributed by atoms with van der Waals surface area (Å²) in [6.45, 7) is 2.36. The Morgan fingerprint density at radius 3 is 2.71 bits per heavy atom. The summed E-state index contributed by atoms with van der Waals surface area (Å²) in [5.74, 6) is -2.24. The zero-order chi connectivity index (χ0) is 22.2. The lowest BCUT2D eigenvalue weighted by Gasteiger charge is -2.35. The van der Waals surface area contributed by atoms with E-state index in [-0.39, 0.29) is 35.9 Å². The van der Waals surface area contributed by atoms with Crippen LogP contribution in [0, 0.1) is 11.8 Å². The fourth-order valence-electron chi connectivity index (χ4n) is 6.10. The van der Waals surface area contributed by atoms with Gasteiger partial charge in [-0.25, -0.2) is 0 Å². The first-order valence-electron chi connectivity index (χ1n) is 11.6. The lowest BCUT2D eigenvalue weighted by atomic mass is 9.70. The summed E-state index contributed by atoms with van der Waals surface area (Å²) in [6, 6.07) is -0.652. The number of aliphatic hydroxyl groups excluding tert-OH is 1. The number of carbonyl (C=O) groups excluding carboxylic acids is 3. The van der Waals surface area contributed by atoms with Gasteiger partial charge in [0.15, 0.2) is 0 Å². The number of esters is 1. The topological polar surface area (TPSA) is 105 Å². The van der Waals surface area contributed by atoms with E-state index in [1.165, 1.54) is 6.42 Å². The molecule has 1 aliphatic carbocycles. The van der Waals surface area contributed by atoms with Gasteiger partial charge in [0, 0.05) is 24.0 Å². The second kappa shape index (κ2) is 9.35. The van der Waals surface area contributed by atoms with Crippen LogP contribution >= 0.6 is 15.9 Å². The number of ether oxygens (including phenoxy) is 2. The molecule has 2 bridgehead atoms. The molecule has 3 saturated heterocycles. The van der Waals surface area contributed by atoms with Crippen molar-refractivity contribution in [3.8, 4) is 0 Å². The zero-order valence-corrected chi connectivity index (χ0v) is 19.6. The number of hydrogen-bond donors (Lipinski definition) is 2. The van der Waals surface area contributed by atoms with Crippen molar-refractivity contribution >= 4 is 33.7 Å². The van der Waals surface area contributed by atoms with Crippen LogP contribution in [0.1, 0.15) is 58.3 Å². The maximum atomic E-state index is 13.6. The highest BCUT2D eigenvalue weighted by Crippen LogP contribution is 2.60. The first-order valence-corrected chi connectivity index (χ1v) is 12.6. The van der Waals surface area contributed by atoms with Crippen LogP contribution < -0.4 is 5.32 Å². The number of alkyl halides is 1. The number of nitrogens with zero attached hydrogens (tertiary/aromatic N) is 1. The minimum Gasteiger partial charge on any atom is -0.466 e. The number of nitrogens with one attached hydrogen (secondary N) is 1. The molecule has 3 heterocycles. The number of carbonyl (C=O) groups is 3. The standard InChI is InChI=1S/C22H33BrN2O6/c1-2-30-21(29)15-16-20(28)25(10-6-7-11-26)18(22(16)12-14(23)17(15)31-22)19(27)24-13-8-4-3-5-9-13/h13-18,26H,2-12H2,1H3,(H,24,27)/t14?,15-,16+,17-,18-,22+/m1/s1. The highest BCUT2D eigenvalue weighted by Gasteiger charge is 2.76. The number of aliphatic hydroxyl groups is 1. The summed E-state index contributed by atoms with van der Waals surface area (Å²) >= 11 is 3.64. The van der Waals surface area contributed by atoms with Gasteiger partial charge in [0.05, 0.1) is 24.5 Å². The monoisotopic (exact) mass is 500 g/mol. The van der Waals surface area contributed by atoms with Gasteiger partial charge >= 0.3 is 5.97 Å². The first-order chi connectivity index (χ1) is 14.9. The fraction of sp³-hybridized carbons (Fsp3) is 0.864. The normalized spacial score (nSPS) is 37.2. The number of amides is 2. The molecule has 1 spiro atoms. The van der Waals surface area contributed by atoms with Crippen LogP contribution in [-0.4, -0.2) is 76.2 Å². The van der Waals surface area contributed by atoms with Crippen LogP contribution in [0.4, 0.5) is 0 Å². The van der Waals surface area contributed by atoms with E-state index in [1.54, 1.807) is 11.8 Å². The van der Waals surface area contributed by atoms with Gasteiger partial charge in [-0.15, -0.1) is 0 Å². The van der Waals surface area contributed by atoms with Crippen LogP contribution in [0.3, 0.4) is 0 Å². The zero-order valence-electron chi connectivity index (χ0n) is 18.1. The lowest BCUT2D eigenvalue weighted by molar-refractivity contribution is -0.154. The predicted octanol–water partition coefficient (Wildman–Crippen LogP) is 1.52. The fourth-order valence-corrected chi connectivity index (χ4v) is 7.04. The average Bonchev–Trinajstić information content (AvgIpc) is 3.33. The van der Waals surface area contributed by atoms with Crippen LogP contribution in [0.25, 0.3) is 0 Å². The molecule has 9 heteroatoms. The molecule has 31 heavy (non-hydrogen) atoms. The highest BCUT2D eigenvalue weighted by atomic mass is 79.9. The molecule has 2 amide bonds. The Morgan fingerprint density at radius 1 is 1.29 bits per heavy atom. The molecule has 6 atom stereocenters. The molecule has 8 nitrogen and oxygen atoms in total. The Hall–Kier alpha value is -1.19. The summed E-state index contributed by atoms with van der Waals surface area (Å²) in [5, 5.41) is 12.4. The van der Waals surface area contributed by atoms with E-state index in [4.69, 9.17) is 9.47 Å². The summed E-state index contributed by atoms with van der Waals surface area (Å²) in [7, 11) is 0. The number of unbranched alkanes of at least 4 members (excludes halogenated alkanes) is 1. The number of hydrogen-bond acceptors (Lipinski definition) is 6. The first kappa shape index (κ1) is 23.0. The Balaban J connectivity index is 1.64. The molecule has 0 aromatic heterocycles. The summed E-state index contributed by atoms with van der Waals surface area (Å²) in [5.41, 5.74) is -1.02. The van der Waals surface area contributed by atoms with E-state index in [0.29, 0.717) is 25.8 Å². The molecule has 0 aromatic carbocycles. The molecule has 0 radical (unpaired) electrons. The van der Waals surface area contributed by atoms with Crippen molar-refractivity contribution in [2.45, 2.75) is 86.9 Å². The molecule has 2 N–H and O–H groups in total. The van der Waals surface area contributed by atoms with Gasteiger partial charge in [-0.2, -0.15) is 0 Å². The SMILES string of the molecule is CCOC(=O)[C@H]1[C@@H]2O[C@@]3(CC2Br)[C@@H]1C(=O)N(CCCCO)[C@@H]3C(=O)NC1CCCCC1. The van der Waals surface area contributed by atoms with Crippen molar-refractivity contribution in [3.63, 3.8) is 0 Å². The lowest BCUT2D eigenvalue weighted by Crippen LogP contribution is -2.57. The van der Waals surface area contributed by atoms with Crippen LogP contribution in [0.5, 0.6) is 0 Å². The van der Waals surface area contributed by atoms with E-state index >= 15 is 0 Å². The molecule has 174 valence electrons. The molecule has 3 aliphatic heterocycles. The minimum absolute atomic E-state index is 0.0308. The van der Waals surface area contributed by atoms with Crippen molar-refractivity contribution in [2.75, 3.05) is 19.8 Å². The maximum absolute atomic E-state index is 13.6. The molecule has 4 aliphatic rings. The van der Waals surface area contributed by atoms with Gasteiger partial charge < -0.3 is 24.8 Å². The van der Waals surface area contributed by atoms with Gasteiger partial charge in [0.25, 0.3) is 0 Å². The number of halogens is 1. The third-order valence-electron chi connectivity index (χ3n) is 7.35. The summed E-state index contributed by atoms with van der Waals surface area (Å²) < 4.78 is 11.7. The van der Waals surface area contributed by atoms with Gasteiger partial charge in [-0.3, -0.25) is 14.4 Å². The minimum atomic E-state index is -1.02. The Labute approximate surface area is 191 Å². The molecule has 0 aromatic rings. The highest BCUT2D eigenvalue weighted by molar-refractivity contribution is 9.09. The second-order valence-corrected chi connectivity index (χ2v) is 10.4. The quantitative estimate of drug-likeness (QED) is 0.297. The largest absolute Gasteiger partial charge is 0.466 e. The predicted molar refractivity (Wildman–Crippen MR) is 115 cm³/mol. The summed E-state index contributed by atoms with van der Waals surface area (Å²) in [6.07, 6.45) is 6.43. The van der Waals surface area contributed by atoms with Gasteiger partial charge in [0.2, 0.25) is 11.8 Å². The van der Waals surface area contributed by atoms with Crippen molar-refractivity contribution in [1.82, 2.24) is 10.2 Å². The molecule has 1 unspecified atom stereocenters. The van der Waals surface area contributed by atoms with Gasteiger partial charge in [-0.1, -0.05) is 35.2 Å². The second-order valence-electron chi connectivity index (χ2n) is 9.22. The summed E-state index contributed by atoms with van der Waals surface area (Å²) in [4.78, 5) is 41.4. The third-order valence-corrected chi connectivity index (χ3v) is 8.20. The van der Waals surface area contributed by atoms with E-state index < -0.39 is 35.6 Å². The van der Waals surface area contributed by atoms with Crippen molar-refractivity contribution in [2.24, 2.45) is 11.8 Å². The van der Waals surface area contributed by atoms with E-state index in [0.717, 1.165) is 25.7 Å². The number of likely N-dealkylation sites (tertiary alicyclic amines) is 1. The van der Waals surface area contributed by atoms with E-state index in [9.17, 15) is 19.5 Å². The van der Waals surface area contributed by atoms with E-state index in [2.05, 4.69) is 21.2 Å². The smallest absolute Gasteiger partial charge is 0.312 e. The van der Waals surface area contributed by atoms with Gasteiger partial charge in [-0.05, 0) is 39.0 Å². The number of rotatable bonds is 8. The Kier molecular flexibility index (Phi) is 6.93. The van der Waals surface area contributed by atoms with Crippen LogP contribution in [-0.2, 0) is 23.9 Å². The molecule has 4 fully saturated rings. The molecule has 1 saturated carbocycles. The van der Waals surface area contributed by atoms with Crippen LogP contribution in [0.2, 0.25) is 0 Å². The van der Waals surface area contributed by atoms with Crippen molar-refractivity contribution < 1.29 is 29.0 Å². The van der Waals surface area contributed by atoms with Crippen molar-refractivity contribution in [1.29, 1.82) is 0 Å². The van der Waals surface area contributed by atoms with Crippen molar-refractivity contribution in [3.05, 3.63) is 0 Å². The molecule has 4 rings (SSSR count). The third kappa shape index (κ3) is 3.91.